The molecule has 1 N–H and O–H groups in total. The summed E-state index contributed by atoms with van der Waals surface area (Å²) in [6.45, 7) is 3.73. The summed E-state index contributed by atoms with van der Waals surface area (Å²) in [5, 5.41) is 3.12. The number of carbonyl (C=O) groups is 1. The first-order valence-electron chi connectivity index (χ1n) is 8.88. The second-order valence-corrected chi connectivity index (χ2v) is 6.68. The monoisotopic (exact) mass is 322 g/mol. The molecule has 1 heterocycles. The molecule has 0 spiro atoms. The van der Waals surface area contributed by atoms with Gasteiger partial charge in [0, 0.05) is 11.7 Å². The van der Waals surface area contributed by atoms with Crippen molar-refractivity contribution in [2.45, 2.75) is 38.6 Å². The molecule has 0 radical (unpaired) electrons. The number of para-hydroxylation sites is 1. The minimum absolute atomic E-state index is 0.0873. The Bertz CT molecular complexity index is 669. The van der Waals surface area contributed by atoms with E-state index < -0.39 is 0 Å². The first kappa shape index (κ1) is 16.7. The van der Waals surface area contributed by atoms with Crippen LogP contribution in [0.5, 0.6) is 0 Å². The molecule has 0 saturated carbocycles. The van der Waals surface area contributed by atoms with Gasteiger partial charge in [0.1, 0.15) is 0 Å². The zero-order chi connectivity index (χ0) is 16.8. The third-order valence-electron chi connectivity index (χ3n) is 4.82. The molecule has 1 aliphatic rings. The van der Waals surface area contributed by atoms with Gasteiger partial charge in [-0.05, 0) is 49.9 Å². The standard InChI is InChI=1S/C21H26N2O/c1-17-9-7-8-14-23(17)16-21(24)22-20-13-6-5-12-19(20)15-18-10-3-2-4-11-18/h2-6,10-13,17H,7-9,14-16H2,1H3,(H,22,24)/t17-/m0/s1. The molecule has 3 nitrogen and oxygen atoms in total. The van der Waals surface area contributed by atoms with Gasteiger partial charge in [-0.15, -0.1) is 0 Å². The summed E-state index contributed by atoms with van der Waals surface area (Å²) >= 11 is 0. The smallest absolute Gasteiger partial charge is 0.238 e. The lowest BCUT2D eigenvalue weighted by atomic mass is 10.0. The van der Waals surface area contributed by atoms with Gasteiger partial charge in [-0.25, -0.2) is 0 Å². The fourth-order valence-electron chi connectivity index (χ4n) is 3.38. The predicted octanol–water partition coefficient (Wildman–Crippen LogP) is 4.09. The van der Waals surface area contributed by atoms with E-state index in [1.807, 2.05) is 36.4 Å². The number of nitrogens with zero attached hydrogens (tertiary/aromatic N) is 1. The van der Waals surface area contributed by atoms with Crippen molar-refractivity contribution >= 4 is 11.6 Å². The van der Waals surface area contributed by atoms with E-state index in [2.05, 4.69) is 35.3 Å². The van der Waals surface area contributed by atoms with E-state index in [9.17, 15) is 4.79 Å². The van der Waals surface area contributed by atoms with Crippen LogP contribution in [-0.4, -0.2) is 29.9 Å². The maximum absolute atomic E-state index is 12.5. The highest BCUT2D eigenvalue weighted by molar-refractivity contribution is 5.93. The molecule has 1 atom stereocenters. The molecule has 0 unspecified atom stereocenters. The summed E-state index contributed by atoms with van der Waals surface area (Å²) in [6.07, 6.45) is 4.50. The average Bonchev–Trinajstić information content (AvgIpc) is 2.60. The van der Waals surface area contributed by atoms with E-state index in [0.717, 1.165) is 24.2 Å². The van der Waals surface area contributed by atoms with Gasteiger partial charge in [-0.1, -0.05) is 55.0 Å². The van der Waals surface area contributed by atoms with Crippen LogP contribution in [0.1, 0.15) is 37.3 Å². The summed E-state index contributed by atoms with van der Waals surface area (Å²) in [5.41, 5.74) is 3.34. The van der Waals surface area contributed by atoms with Crippen LogP contribution in [-0.2, 0) is 11.2 Å². The van der Waals surface area contributed by atoms with E-state index >= 15 is 0 Å². The van der Waals surface area contributed by atoms with Crippen molar-refractivity contribution in [3.63, 3.8) is 0 Å². The summed E-state index contributed by atoms with van der Waals surface area (Å²) in [5.74, 6) is 0.0873. The Hall–Kier alpha value is -2.13. The van der Waals surface area contributed by atoms with Crippen molar-refractivity contribution < 1.29 is 4.79 Å². The minimum Gasteiger partial charge on any atom is -0.325 e. The molecular weight excluding hydrogens is 296 g/mol. The quantitative estimate of drug-likeness (QED) is 0.899. The number of anilines is 1. The van der Waals surface area contributed by atoms with Crippen molar-refractivity contribution in [1.82, 2.24) is 4.90 Å². The van der Waals surface area contributed by atoms with Crippen molar-refractivity contribution in [2.24, 2.45) is 0 Å². The molecule has 126 valence electrons. The van der Waals surface area contributed by atoms with Crippen molar-refractivity contribution in [3.8, 4) is 0 Å². The number of benzene rings is 2. The maximum Gasteiger partial charge on any atom is 0.238 e. The molecular formula is C21H26N2O. The van der Waals surface area contributed by atoms with Gasteiger partial charge in [0.05, 0.1) is 6.54 Å². The van der Waals surface area contributed by atoms with Gasteiger partial charge >= 0.3 is 0 Å². The Kier molecular flexibility index (Phi) is 5.65. The largest absolute Gasteiger partial charge is 0.325 e. The molecule has 1 amide bonds. The molecule has 0 aromatic heterocycles. The highest BCUT2D eigenvalue weighted by atomic mass is 16.2. The SMILES string of the molecule is C[C@H]1CCCCN1CC(=O)Nc1ccccc1Cc1ccccc1. The molecule has 3 heteroatoms. The highest BCUT2D eigenvalue weighted by Gasteiger charge is 2.20. The second kappa shape index (κ2) is 8.11. The molecule has 24 heavy (non-hydrogen) atoms. The third kappa shape index (κ3) is 4.45. The Morgan fingerprint density at radius 3 is 2.62 bits per heavy atom. The lowest BCUT2D eigenvalue weighted by molar-refractivity contribution is -0.118. The van der Waals surface area contributed by atoms with Gasteiger partial charge in [0.2, 0.25) is 5.91 Å². The Balaban J connectivity index is 1.65. The number of likely N-dealkylation sites (tertiary alicyclic amines) is 1. The van der Waals surface area contributed by atoms with E-state index in [1.165, 1.54) is 24.8 Å². The van der Waals surface area contributed by atoms with Crippen LogP contribution in [0.25, 0.3) is 0 Å². The number of nitrogens with one attached hydrogen (secondary N) is 1. The summed E-state index contributed by atoms with van der Waals surface area (Å²) < 4.78 is 0. The molecule has 3 rings (SSSR count). The van der Waals surface area contributed by atoms with Gasteiger partial charge < -0.3 is 5.32 Å². The lowest BCUT2D eigenvalue weighted by Gasteiger charge is -2.32. The van der Waals surface area contributed by atoms with Crippen LogP contribution >= 0.6 is 0 Å². The van der Waals surface area contributed by atoms with Crippen LogP contribution in [0, 0.1) is 0 Å². The van der Waals surface area contributed by atoms with Crippen LogP contribution in [0.4, 0.5) is 5.69 Å². The van der Waals surface area contributed by atoms with Crippen LogP contribution in [0.2, 0.25) is 0 Å². The van der Waals surface area contributed by atoms with Crippen LogP contribution in [0.15, 0.2) is 54.6 Å². The fraction of sp³-hybridized carbons (Fsp3) is 0.381. The number of hydrogen-bond acceptors (Lipinski definition) is 2. The van der Waals surface area contributed by atoms with Gasteiger partial charge in [0.25, 0.3) is 0 Å². The number of rotatable bonds is 5. The van der Waals surface area contributed by atoms with Gasteiger partial charge in [-0.2, -0.15) is 0 Å². The second-order valence-electron chi connectivity index (χ2n) is 6.68. The third-order valence-corrected chi connectivity index (χ3v) is 4.82. The normalized spacial score (nSPS) is 18.3. The van der Waals surface area contributed by atoms with Gasteiger partial charge in [-0.3, -0.25) is 9.69 Å². The number of hydrogen-bond donors (Lipinski definition) is 1. The Morgan fingerprint density at radius 1 is 1.08 bits per heavy atom. The number of amides is 1. The van der Waals surface area contributed by atoms with Crippen LogP contribution in [0.3, 0.4) is 0 Å². The van der Waals surface area contributed by atoms with E-state index in [1.54, 1.807) is 0 Å². The molecule has 2 aromatic carbocycles. The first-order valence-corrected chi connectivity index (χ1v) is 8.88. The Morgan fingerprint density at radius 2 is 1.83 bits per heavy atom. The summed E-state index contributed by atoms with van der Waals surface area (Å²) in [4.78, 5) is 14.8. The highest BCUT2D eigenvalue weighted by Crippen LogP contribution is 2.20. The fourth-order valence-corrected chi connectivity index (χ4v) is 3.38. The van der Waals surface area contributed by atoms with Crippen molar-refractivity contribution in [3.05, 3.63) is 65.7 Å². The average molecular weight is 322 g/mol. The zero-order valence-corrected chi connectivity index (χ0v) is 14.4. The zero-order valence-electron chi connectivity index (χ0n) is 14.4. The predicted molar refractivity (Wildman–Crippen MR) is 99.2 cm³/mol. The molecule has 0 bridgehead atoms. The van der Waals surface area contributed by atoms with E-state index in [4.69, 9.17) is 0 Å². The maximum atomic E-state index is 12.5. The molecule has 1 aliphatic heterocycles. The first-order chi connectivity index (χ1) is 11.7. The summed E-state index contributed by atoms with van der Waals surface area (Å²) in [6, 6.07) is 19.0. The van der Waals surface area contributed by atoms with Crippen molar-refractivity contribution in [1.29, 1.82) is 0 Å². The number of piperidine rings is 1. The van der Waals surface area contributed by atoms with Gasteiger partial charge in [0.15, 0.2) is 0 Å². The van der Waals surface area contributed by atoms with E-state index in [-0.39, 0.29) is 5.91 Å². The Labute approximate surface area is 144 Å². The molecule has 1 saturated heterocycles. The lowest BCUT2D eigenvalue weighted by Crippen LogP contribution is -2.42. The van der Waals surface area contributed by atoms with Crippen molar-refractivity contribution in [2.75, 3.05) is 18.4 Å². The molecule has 0 aliphatic carbocycles. The topological polar surface area (TPSA) is 32.3 Å². The minimum atomic E-state index is 0.0873. The number of carbonyl (C=O) groups excluding carboxylic acids is 1. The van der Waals surface area contributed by atoms with E-state index in [0.29, 0.717) is 12.6 Å². The summed E-state index contributed by atoms with van der Waals surface area (Å²) in [7, 11) is 0. The molecule has 1 fully saturated rings. The van der Waals surface area contributed by atoms with Crippen LogP contribution < -0.4 is 5.32 Å². The molecule has 2 aromatic rings.